The summed E-state index contributed by atoms with van der Waals surface area (Å²) in [5.41, 5.74) is 0.616. The predicted octanol–water partition coefficient (Wildman–Crippen LogP) is 4.06. The number of thiocarbonyl (C=S) groups is 1. The summed E-state index contributed by atoms with van der Waals surface area (Å²) in [6, 6.07) is 7.10. The first-order valence-corrected chi connectivity index (χ1v) is 9.34. The molecule has 1 fully saturated rings. The molecule has 0 bridgehead atoms. The molecule has 25 heavy (non-hydrogen) atoms. The highest BCUT2D eigenvalue weighted by Gasteiger charge is 2.35. The van der Waals surface area contributed by atoms with Gasteiger partial charge in [0.15, 0.2) is 5.11 Å². The highest BCUT2D eigenvalue weighted by Crippen LogP contribution is 2.27. The van der Waals surface area contributed by atoms with Crippen molar-refractivity contribution >= 4 is 46.5 Å². The Morgan fingerprint density at radius 1 is 1.36 bits per heavy atom. The number of unbranched alkanes of at least 4 members (excludes halogenated alkanes) is 2. The standard InChI is InChI=1S/C18H23ClN2O3S/c1-2-3-4-7-13-10-12(17(23)24-13)11-16(22)21-18(25)20-15-9-6-5-8-14(15)19/h5-6,8-9,12-13H,2-4,7,10-11H2,1H3,(H2,20,21,22,25)/t12-,13+/m0/s1. The van der Waals surface area contributed by atoms with E-state index >= 15 is 0 Å². The molecule has 0 radical (unpaired) electrons. The Hall–Kier alpha value is -1.66. The average molecular weight is 383 g/mol. The zero-order chi connectivity index (χ0) is 18.2. The second kappa shape index (κ2) is 9.73. The van der Waals surface area contributed by atoms with E-state index in [1.807, 2.05) is 6.07 Å². The molecule has 2 atom stereocenters. The Balaban J connectivity index is 1.77. The summed E-state index contributed by atoms with van der Waals surface area (Å²) in [6.45, 7) is 2.13. The Bertz CT molecular complexity index is 639. The second-order valence-electron chi connectivity index (χ2n) is 6.17. The smallest absolute Gasteiger partial charge is 0.309 e. The third-order valence-corrected chi connectivity index (χ3v) is 4.63. The van der Waals surface area contributed by atoms with E-state index in [1.54, 1.807) is 18.2 Å². The maximum Gasteiger partial charge on any atom is 0.309 e. The van der Waals surface area contributed by atoms with Crippen LogP contribution in [0.3, 0.4) is 0 Å². The number of anilines is 1. The lowest BCUT2D eigenvalue weighted by atomic mass is 9.98. The molecule has 2 rings (SSSR count). The summed E-state index contributed by atoms with van der Waals surface area (Å²) in [7, 11) is 0. The fraction of sp³-hybridized carbons (Fsp3) is 0.500. The van der Waals surface area contributed by atoms with Crippen molar-refractivity contribution in [3.63, 3.8) is 0 Å². The van der Waals surface area contributed by atoms with Gasteiger partial charge in [0.25, 0.3) is 0 Å². The Labute approximate surface area is 158 Å². The number of nitrogens with one attached hydrogen (secondary N) is 2. The third kappa shape index (κ3) is 6.29. The van der Waals surface area contributed by atoms with Gasteiger partial charge in [-0.1, -0.05) is 43.5 Å². The topological polar surface area (TPSA) is 67.4 Å². The van der Waals surface area contributed by atoms with Gasteiger partial charge in [-0.3, -0.25) is 9.59 Å². The van der Waals surface area contributed by atoms with Gasteiger partial charge in [-0.15, -0.1) is 0 Å². The van der Waals surface area contributed by atoms with E-state index in [0.29, 0.717) is 17.1 Å². The predicted molar refractivity (Wildman–Crippen MR) is 103 cm³/mol. The van der Waals surface area contributed by atoms with Crippen LogP contribution < -0.4 is 10.6 Å². The lowest BCUT2D eigenvalue weighted by molar-refractivity contribution is -0.145. The van der Waals surface area contributed by atoms with Gasteiger partial charge >= 0.3 is 5.97 Å². The first-order chi connectivity index (χ1) is 12.0. The zero-order valence-corrected chi connectivity index (χ0v) is 15.8. The number of ether oxygens (including phenoxy) is 1. The minimum atomic E-state index is -0.394. The lowest BCUT2D eigenvalue weighted by Gasteiger charge is -2.11. The van der Waals surface area contributed by atoms with Crippen molar-refractivity contribution in [2.45, 2.75) is 51.6 Å². The molecule has 2 N–H and O–H groups in total. The summed E-state index contributed by atoms with van der Waals surface area (Å²) >= 11 is 11.2. The van der Waals surface area contributed by atoms with Gasteiger partial charge in [-0.05, 0) is 43.6 Å². The summed E-state index contributed by atoms with van der Waals surface area (Å²) in [4.78, 5) is 24.0. The summed E-state index contributed by atoms with van der Waals surface area (Å²) < 4.78 is 5.35. The van der Waals surface area contributed by atoms with Crippen LogP contribution in [-0.4, -0.2) is 23.1 Å². The lowest BCUT2D eigenvalue weighted by Crippen LogP contribution is -2.35. The van der Waals surface area contributed by atoms with Crippen LogP contribution in [0.5, 0.6) is 0 Å². The van der Waals surface area contributed by atoms with Crippen molar-refractivity contribution in [2.75, 3.05) is 5.32 Å². The molecule has 7 heteroatoms. The minimum absolute atomic E-state index is 0.0648. The number of amides is 1. The van der Waals surface area contributed by atoms with Crippen LogP contribution in [0.25, 0.3) is 0 Å². The summed E-state index contributed by atoms with van der Waals surface area (Å²) in [5.74, 6) is -0.989. The number of para-hydroxylation sites is 1. The largest absolute Gasteiger partial charge is 0.462 e. The van der Waals surface area contributed by atoms with E-state index in [0.717, 1.165) is 25.7 Å². The Morgan fingerprint density at radius 2 is 2.12 bits per heavy atom. The van der Waals surface area contributed by atoms with Crippen LogP contribution in [0.2, 0.25) is 5.02 Å². The number of halogens is 1. The van der Waals surface area contributed by atoms with Gasteiger partial charge in [-0.25, -0.2) is 0 Å². The van der Waals surface area contributed by atoms with Crippen LogP contribution in [0.4, 0.5) is 5.69 Å². The van der Waals surface area contributed by atoms with Crippen molar-refractivity contribution in [3.8, 4) is 0 Å². The molecule has 0 aliphatic carbocycles. The number of carbonyl (C=O) groups excluding carboxylic acids is 2. The number of hydrogen-bond acceptors (Lipinski definition) is 4. The maximum absolute atomic E-state index is 12.1. The molecule has 0 aromatic heterocycles. The van der Waals surface area contributed by atoms with Gasteiger partial charge in [0.1, 0.15) is 6.10 Å². The average Bonchev–Trinajstić information content (AvgIpc) is 2.89. The molecule has 1 aromatic rings. The molecule has 1 aliphatic heterocycles. The SMILES string of the molecule is CCCCC[C@@H]1C[C@@H](CC(=O)NC(=S)Nc2ccccc2Cl)C(=O)O1. The van der Waals surface area contributed by atoms with Gasteiger partial charge in [-0.2, -0.15) is 0 Å². The first kappa shape index (κ1) is 19.7. The molecule has 5 nitrogen and oxygen atoms in total. The number of esters is 1. The summed E-state index contributed by atoms with van der Waals surface area (Å²) in [5, 5.41) is 6.12. The molecule has 0 saturated carbocycles. The van der Waals surface area contributed by atoms with Crippen LogP contribution in [0.15, 0.2) is 24.3 Å². The number of benzene rings is 1. The molecular formula is C18H23ClN2O3S. The molecule has 1 aromatic carbocycles. The van der Waals surface area contributed by atoms with Crippen molar-refractivity contribution in [1.29, 1.82) is 0 Å². The molecule has 1 aliphatic rings. The molecule has 0 unspecified atom stereocenters. The van der Waals surface area contributed by atoms with Crippen LogP contribution in [0.1, 0.15) is 45.4 Å². The number of hydrogen-bond donors (Lipinski definition) is 2. The van der Waals surface area contributed by atoms with E-state index in [4.69, 9.17) is 28.6 Å². The van der Waals surface area contributed by atoms with Crippen molar-refractivity contribution in [2.24, 2.45) is 5.92 Å². The fourth-order valence-corrected chi connectivity index (χ4v) is 3.21. The minimum Gasteiger partial charge on any atom is -0.462 e. The van der Waals surface area contributed by atoms with Gasteiger partial charge in [0, 0.05) is 6.42 Å². The fourth-order valence-electron chi connectivity index (χ4n) is 2.81. The highest BCUT2D eigenvalue weighted by atomic mass is 35.5. The molecule has 136 valence electrons. The molecule has 0 spiro atoms. The van der Waals surface area contributed by atoms with Crippen LogP contribution in [0, 0.1) is 5.92 Å². The molecule has 1 saturated heterocycles. The third-order valence-electron chi connectivity index (χ3n) is 4.10. The van der Waals surface area contributed by atoms with Gasteiger partial charge in [0.05, 0.1) is 16.6 Å². The highest BCUT2D eigenvalue weighted by molar-refractivity contribution is 7.80. The summed E-state index contributed by atoms with van der Waals surface area (Å²) in [6.07, 6.45) is 4.77. The number of cyclic esters (lactones) is 1. The monoisotopic (exact) mass is 382 g/mol. The quantitative estimate of drug-likeness (QED) is 0.423. The van der Waals surface area contributed by atoms with E-state index in [-0.39, 0.29) is 29.5 Å². The normalized spacial score (nSPS) is 19.4. The van der Waals surface area contributed by atoms with Crippen molar-refractivity contribution < 1.29 is 14.3 Å². The van der Waals surface area contributed by atoms with E-state index in [2.05, 4.69) is 17.6 Å². The maximum atomic E-state index is 12.1. The molecular weight excluding hydrogens is 360 g/mol. The van der Waals surface area contributed by atoms with Crippen LogP contribution in [-0.2, 0) is 14.3 Å². The van der Waals surface area contributed by atoms with Crippen LogP contribution >= 0.6 is 23.8 Å². The first-order valence-electron chi connectivity index (χ1n) is 8.55. The zero-order valence-electron chi connectivity index (χ0n) is 14.2. The molecule has 1 heterocycles. The van der Waals surface area contributed by atoms with E-state index in [9.17, 15) is 9.59 Å². The number of rotatable bonds is 7. The number of carbonyl (C=O) groups is 2. The second-order valence-corrected chi connectivity index (χ2v) is 6.99. The van der Waals surface area contributed by atoms with E-state index in [1.165, 1.54) is 0 Å². The Kier molecular flexibility index (Phi) is 7.65. The van der Waals surface area contributed by atoms with Crippen molar-refractivity contribution in [3.05, 3.63) is 29.3 Å². The van der Waals surface area contributed by atoms with E-state index < -0.39 is 5.92 Å². The molecule has 1 amide bonds. The van der Waals surface area contributed by atoms with Gasteiger partial charge in [0.2, 0.25) is 5.91 Å². The Morgan fingerprint density at radius 3 is 2.84 bits per heavy atom. The van der Waals surface area contributed by atoms with Crippen molar-refractivity contribution in [1.82, 2.24) is 5.32 Å². The van der Waals surface area contributed by atoms with Gasteiger partial charge < -0.3 is 15.4 Å².